The number of halogens is 1. The minimum absolute atomic E-state index is 0. The van der Waals surface area contributed by atoms with Crippen molar-refractivity contribution < 1.29 is 0 Å². The molecule has 3 nitrogen and oxygen atoms in total. The van der Waals surface area contributed by atoms with Crippen LogP contribution in [0.4, 0.5) is 0 Å². The van der Waals surface area contributed by atoms with Crippen LogP contribution in [0.15, 0.2) is 17.1 Å². The van der Waals surface area contributed by atoms with Gasteiger partial charge in [-0.3, -0.25) is 4.79 Å². The first-order valence-corrected chi connectivity index (χ1v) is 4.17. The maximum absolute atomic E-state index is 11.5. The van der Waals surface area contributed by atoms with Crippen molar-refractivity contribution in [1.29, 1.82) is 0 Å². The molecule has 0 bridgehead atoms. The number of hydrogen-bond acceptors (Lipinski definition) is 2. The predicted octanol–water partition coefficient (Wildman–Crippen LogP) is 0.453. The molecule has 0 saturated heterocycles. The quantitative estimate of drug-likeness (QED) is 0.660. The van der Waals surface area contributed by atoms with E-state index in [1.54, 1.807) is 11.6 Å². The van der Waals surface area contributed by atoms with Gasteiger partial charge in [0.05, 0.1) is 0 Å². The van der Waals surface area contributed by atoms with Crippen LogP contribution in [0.5, 0.6) is 0 Å². The number of pyridine rings is 1. The SMILES string of the molecule is Cl.Cn1ccc2c(c1=O)CNCC2. The molecule has 72 valence electrons. The van der Waals surface area contributed by atoms with Gasteiger partial charge in [0, 0.05) is 25.4 Å². The fourth-order valence-corrected chi connectivity index (χ4v) is 1.58. The van der Waals surface area contributed by atoms with Crippen molar-refractivity contribution in [3.05, 3.63) is 33.7 Å². The van der Waals surface area contributed by atoms with E-state index >= 15 is 0 Å². The molecule has 0 spiro atoms. The lowest BCUT2D eigenvalue weighted by atomic mass is 10.0. The first kappa shape index (κ1) is 10.3. The Bertz CT molecular complexity index is 359. The average molecular weight is 201 g/mol. The van der Waals surface area contributed by atoms with E-state index in [1.165, 1.54) is 5.56 Å². The highest BCUT2D eigenvalue weighted by Gasteiger charge is 2.11. The molecular weight excluding hydrogens is 188 g/mol. The Morgan fingerprint density at radius 1 is 1.54 bits per heavy atom. The Kier molecular flexibility index (Phi) is 3.12. The Balaban J connectivity index is 0.000000845. The lowest BCUT2D eigenvalue weighted by Crippen LogP contribution is -2.32. The molecule has 2 heterocycles. The van der Waals surface area contributed by atoms with Crippen molar-refractivity contribution in [3.63, 3.8) is 0 Å². The van der Waals surface area contributed by atoms with Crippen LogP contribution in [0.1, 0.15) is 11.1 Å². The van der Waals surface area contributed by atoms with Crippen molar-refractivity contribution in [2.24, 2.45) is 7.05 Å². The summed E-state index contributed by atoms with van der Waals surface area (Å²) in [6, 6.07) is 2.04. The van der Waals surface area contributed by atoms with Crippen molar-refractivity contribution in [2.75, 3.05) is 6.54 Å². The van der Waals surface area contributed by atoms with Crippen LogP contribution in [-0.4, -0.2) is 11.1 Å². The van der Waals surface area contributed by atoms with Crippen LogP contribution in [0, 0.1) is 0 Å². The molecule has 0 saturated carbocycles. The molecule has 0 fully saturated rings. The second kappa shape index (κ2) is 3.94. The summed E-state index contributed by atoms with van der Waals surface area (Å²) < 4.78 is 1.63. The summed E-state index contributed by atoms with van der Waals surface area (Å²) in [6.07, 6.45) is 2.82. The van der Waals surface area contributed by atoms with Crippen molar-refractivity contribution in [2.45, 2.75) is 13.0 Å². The van der Waals surface area contributed by atoms with E-state index in [2.05, 4.69) is 5.32 Å². The topological polar surface area (TPSA) is 34.0 Å². The highest BCUT2D eigenvalue weighted by atomic mass is 35.5. The molecule has 4 heteroatoms. The number of nitrogens with zero attached hydrogens (tertiary/aromatic N) is 1. The standard InChI is InChI=1S/C9H12N2O.ClH/c1-11-5-3-7-2-4-10-6-8(7)9(11)12;/h3,5,10H,2,4,6H2,1H3;1H. The second-order valence-electron chi connectivity index (χ2n) is 3.16. The first-order valence-electron chi connectivity index (χ1n) is 4.17. The van der Waals surface area contributed by atoms with Gasteiger partial charge >= 0.3 is 0 Å². The summed E-state index contributed by atoms with van der Waals surface area (Å²) in [7, 11) is 1.79. The van der Waals surface area contributed by atoms with E-state index in [9.17, 15) is 4.79 Å². The number of rotatable bonds is 0. The smallest absolute Gasteiger partial charge is 0.255 e. The molecule has 1 aliphatic rings. The Morgan fingerprint density at radius 3 is 3.08 bits per heavy atom. The summed E-state index contributed by atoms with van der Waals surface area (Å²) in [6.45, 7) is 1.71. The maximum atomic E-state index is 11.5. The third-order valence-electron chi connectivity index (χ3n) is 2.34. The number of aromatic nitrogens is 1. The largest absolute Gasteiger partial charge is 0.318 e. The second-order valence-corrected chi connectivity index (χ2v) is 3.16. The molecule has 2 rings (SSSR count). The molecule has 0 aliphatic carbocycles. The lowest BCUT2D eigenvalue weighted by Gasteiger charge is -2.16. The molecule has 1 aromatic heterocycles. The van der Waals surface area contributed by atoms with E-state index in [1.807, 2.05) is 12.3 Å². The van der Waals surface area contributed by atoms with Gasteiger partial charge in [-0.25, -0.2) is 0 Å². The van der Waals surface area contributed by atoms with Gasteiger partial charge in [-0.1, -0.05) is 0 Å². The fraction of sp³-hybridized carbons (Fsp3) is 0.444. The third-order valence-corrected chi connectivity index (χ3v) is 2.34. The van der Waals surface area contributed by atoms with Gasteiger partial charge in [-0.2, -0.15) is 0 Å². The molecule has 1 aromatic rings. The van der Waals surface area contributed by atoms with E-state index in [0.29, 0.717) is 0 Å². The zero-order chi connectivity index (χ0) is 8.55. The molecule has 1 aliphatic heterocycles. The molecule has 1 N–H and O–H groups in total. The van der Waals surface area contributed by atoms with Gasteiger partial charge in [0.2, 0.25) is 0 Å². The highest BCUT2D eigenvalue weighted by molar-refractivity contribution is 5.85. The molecule has 0 unspecified atom stereocenters. The zero-order valence-corrected chi connectivity index (χ0v) is 8.36. The van der Waals surface area contributed by atoms with Crippen molar-refractivity contribution in [1.82, 2.24) is 9.88 Å². The summed E-state index contributed by atoms with van der Waals surface area (Å²) >= 11 is 0. The predicted molar refractivity (Wildman–Crippen MR) is 54.3 cm³/mol. The Labute approximate surface area is 83.2 Å². The van der Waals surface area contributed by atoms with Crippen LogP contribution in [-0.2, 0) is 20.0 Å². The number of aryl methyl sites for hydroxylation is 1. The van der Waals surface area contributed by atoms with Crippen molar-refractivity contribution >= 4 is 12.4 Å². The maximum Gasteiger partial charge on any atom is 0.255 e. The monoisotopic (exact) mass is 200 g/mol. The average Bonchev–Trinajstić information content (AvgIpc) is 2.12. The van der Waals surface area contributed by atoms with Gasteiger partial charge in [0.15, 0.2) is 0 Å². The van der Waals surface area contributed by atoms with Crippen LogP contribution < -0.4 is 10.9 Å². The molecule has 0 radical (unpaired) electrons. The van der Waals surface area contributed by atoms with Gasteiger partial charge in [-0.05, 0) is 24.6 Å². The minimum Gasteiger partial charge on any atom is -0.318 e. The van der Waals surface area contributed by atoms with Crippen LogP contribution in [0.25, 0.3) is 0 Å². The summed E-state index contributed by atoms with van der Waals surface area (Å²) in [4.78, 5) is 11.5. The number of hydrogen-bond donors (Lipinski definition) is 1. The van der Waals surface area contributed by atoms with Crippen molar-refractivity contribution in [3.8, 4) is 0 Å². The molecule has 13 heavy (non-hydrogen) atoms. The van der Waals surface area contributed by atoms with E-state index in [0.717, 1.165) is 25.1 Å². The molecule has 0 amide bonds. The normalized spacial score (nSPS) is 14.5. The highest BCUT2D eigenvalue weighted by Crippen LogP contribution is 2.07. The Morgan fingerprint density at radius 2 is 2.31 bits per heavy atom. The van der Waals surface area contributed by atoms with Crippen LogP contribution >= 0.6 is 12.4 Å². The van der Waals surface area contributed by atoms with E-state index in [-0.39, 0.29) is 18.0 Å². The van der Waals surface area contributed by atoms with Gasteiger partial charge in [0.25, 0.3) is 5.56 Å². The first-order chi connectivity index (χ1) is 5.79. The van der Waals surface area contributed by atoms with Gasteiger partial charge in [-0.15, -0.1) is 12.4 Å². The third kappa shape index (κ3) is 1.76. The summed E-state index contributed by atoms with van der Waals surface area (Å²) in [5.74, 6) is 0. The van der Waals surface area contributed by atoms with E-state index in [4.69, 9.17) is 0 Å². The molecule has 0 atom stereocenters. The Hall–Kier alpha value is -0.800. The van der Waals surface area contributed by atoms with E-state index < -0.39 is 0 Å². The lowest BCUT2D eigenvalue weighted by molar-refractivity contribution is 0.626. The summed E-state index contributed by atoms with van der Waals surface area (Å²) in [5.41, 5.74) is 2.28. The number of nitrogens with one attached hydrogen (secondary N) is 1. The van der Waals surface area contributed by atoms with Crippen LogP contribution in [0.3, 0.4) is 0 Å². The molecular formula is C9H13ClN2O. The fourth-order valence-electron chi connectivity index (χ4n) is 1.58. The van der Waals surface area contributed by atoms with Gasteiger partial charge < -0.3 is 9.88 Å². The zero-order valence-electron chi connectivity index (χ0n) is 7.54. The number of fused-ring (bicyclic) bond motifs is 1. The van der Waals surface area contributed by atoms with Gasteiger partial charge in [0.1, 0.15) is 0 Å². The summed E-state index contributed by atoms with van der Waals surface area (Å²) in [5, 5.41) is 3.20. The minimum atomic E-state index is 0. The molecule has 0 aromatic carbocycles. The van der Waals surface area contributed by atoms with Crippen LogP contribution in [0.2, 0.25) is 0 Å².